The Morgan fingerprint density at radius 1 is 1.50 bits per heavy atom. The fourth-order valence-electron chi connectivity index (χ4n) is 0.0589. The third kappa shape index (κ3) is 0.722. The molecule has 0 saturated carbocycles. The van der Waals surface area contributed by atoms with Crippen LogP contribution in [0, 0.1) is 0 Å². The zero-order valence-corrected chi connectivity index (χ0v) is 6.51. The van der Waals surface area contributed by atoms with Gasteiger partial charge in [-0.3, -0.25) is 0 Å². The molecule has 0 nitrogen and oxygen atoms in total. The summed E-state index contributed by atoms with van der Waals surface area (Å²) in [5.74, 6) is 0. The third-order valence-corrected chi connectivity index (χ3v) is 14.2. The summed E-state index contributed by atoms with van der Waals surface area (Å²) >= 11 is 0.238. The van der Waals surface area contributed by atoms with Crippen molar-refractivity contribution in [2.24, 2.45) is 0 Å². The molecule has 0 N–H and O–H groups in total. The van der Waals surface area contributed by atoms with Crippen LogP contribution in [0.5, 0.6) is 0 Å². The summed E-state index contributed by atoms with van der Waals surface area (Å²) in [4.78, 5) is 0. The Bertz CT molecular complexity index is 14.0. The summed E-state index contributed by atoms with van der Waals surface area (Å²) in [6, 6.07) is 0. The Morgan fingerprint density at radius 3 is 1.75 bits per heavy atom. The van der Waals surface area contributed by atoms with Gasteiger partial charge in [-0.15, -0.1) is 0 Å². The van der Waals surface area contributed by atoms with Crippen molar-refractivity contribution >= 4 is 36.3 Å². The van der Waals surface area contributed by atoms with Gasteiger partial charge in [-0.25, -0.2) is 0 Å². The molecule has 1 aliphatic heterocycles. The summed E-state index contributed by atoms with van der Waals surface area (Å²) in [7, 11) is 4.34. The monoisotopic (exact) mass is 198 g/mol. The number of hydrogen-bond donors (Lipinski definition) is 0. The number of hydrogen-bond acceptors (Lipinski definition) is 2. The maximum atomic E-state index is 2.17. The van der Waals surface area contributed by atoms with Crippen LogP contribution in [0.3, 0.4) is 0 Å². The number of rotatable bonds is 0. The van der Waals surface area contributed by atoms with Crippen LogP contribution in [-0.2, 0) is 0 Å². The van der Waals surface area contributed by atoms with Crippen molar-refractivity contribution in [1.82, 2.24) is 0 Å². The second-order valence-electron chi connectivity index (χ2n) is 0.490. The van der Waals surface area contributed by atoms with Crippen LogP contribution in [-0.4, -0.2) is 23.5 Å². The van der Waals surface area contributed by atoms with Crippen molar-refractivity contribution in [3.63, 3.8) is 0 Å². The summed E-state index contributed by atoms with van der Waals surface area (Å²) in [5, 5.41) is 1.41. The van der Waals surface area contributed by atoms with Gasteiger partial charge < -0.3 is 0 Å². The zero-order chi connectivity index (χ0) is 2.83. The van der Waals surface area contributed by atoms with E-state index >= 15 is 0 Å². The molecule has 0 aromatic rings. The molecule has 0 bridgehead atoms. The standard InChI is InChI=1S/CH4S2.Sn/c2-1-3;/h2-3H,1H2;/q;+2/p-2. The second kappa shape index (κ2) is 1.82. The first-order chi connectivity index (χ1) is 2.00. The Labute approximate surface area is 41.2 Å². The van der Waals surface area contributed by atoms with Crippen LogP contribution in [0.1, 0.15) is 0 Å². The Hall–Kier alpha value is 1.50. The quantitative estimate of drug-likeness (QED) is 0.530. The minimum atomic E-state index is 0.238. The van der Waals surface area contributed by atoms with Gasteiger partial charge in [0.2, 0.25) is 0 Å². The molecule has 0 aromatic carbocycles. The van der Waals surface area contributed by atoms with Gasteiger partial charge in [0.15, 0.2) is 0 Å². The van der Waals surface area contributed by atoms with Gasteiger partial charge in [0.05, 0.1) is 0 Å². The molecule has 1 rings (SSSR count). The van der Waals surface area contributed by atoms with Crippen LogP contribution >= 0.6 is 17.9 Å². The first kappa shape index (κ1) is 3.68. The van der Waals surface area contributed by atoms with Crippen LogP contribution in [0.25, 0.3) is 0 Å². The van der Waals surface area contributed by atoms with Crippen molar-refractivity contribution in [2.45, 2.75) is 0 Å². The predicted molar refractivity (Wildman–Crippen MR) is 25.8 cm³/mol. The van der Waals surface area contributed by atoms with Gasteiger partial charge in [0.25, 0.3) is 0 Å². The van der Waals surface area contributed by atoms with E-state index in [0.29, 0.717) is 0 Å². The van der Waals surface area contributed by atoms with Gasteiger partial charge >= 0.3 is 41.4 Å². The molecule has 2 radical (unpaired) electrons. The van der Waals surface area contributed by atoms with Crippen molar-refractivity contribution in [3.05, 3.63) is 0 Å². The summed E-state index contributed by atoms with van der Waals surface area (Å²) in [6.45, 7) is 0. The molecule has 1 aliphatic rings. The van der Waals surface area contributed by atoms with E-state index < -0.39 is 0 Å². The predicted octanol–water partition coefficient (Wildman–Crippen LogP) is 0.958. The molecule has 0 amide bonds. The molecular formula is CH2S2Sn. The van der Waals surface area contributed by atoms with Gasteiger partial charge in [0, 0.05) is 0 Å². The van der Waals surface area contributed by atoms with E-state index in [2.05, 4.69) is 17.9 Å². The van der Waals surface area contributed by atoms with Crippen molar-refractivity contribution in [1.29, 1.82) is 0 Å². The molecule has 0 spiro atoms. The van der Waals surface area contributed by atoms with Crippen molar-refractivity contribution in [3.8, 4) is 0 Å². The first-order valence-electron chi connectivity index (χ1n) is 0.986. The zero-order valence-electron chi connectivity index (χ0n) is 2.02. The third-order valence-electron chi connectivity index (χ3n) is 0.236. The Balaban J connectivity index is 2.00. The summed E-state index contributed by atoms with van der Waals surface area (Å²) < 4.78 is 0. The molecule has 1 heterocycles. The SMILES string of the molecule is C1[S][Sn][S]1. The molecule has 0 atom stereocenters. The van der Waals surface area contributed by atoms with E-state index in [1.165, 1.54) is 5.08 Å². The van der Waals surface area contributed by atoms with Gasteiger partial charge in [-0.05, 0) is 0 Å². The van der Waals surface area contributed by atoms with E-state index in [0.717, 1.165) is 0 Å². The van der Waals surface area contributed by atoms with E-state index in [9.17, 15) is 0 Å². The molecule has 0 unspecified atom stereocenters. The van der Waals surface area contributed by atoms with Gasteiger partial charge in [0.1, 0.15) is 0 Å². The van der Waals surface area contributed by atoms with E-state index in [4.69, 9.17) is 0 Å². The average molecular weight is 197 g/mol. The molecule has 0 aliphatic carbocycles. The van der Waals surface area contributed by atoms with Crippen molar-refractivity contribution in [2.75, 3.05) is 5.08 Å². The van der Waals surface area contributed by atoms with Crippen molar-refractivity contribution < 1.29 is 0 Å². The average Bonchev–Trinajstić information content (AvgIpc) is 0.722. The van der Waals surface area contributed by atoms with E-state index in [1.54, 1.807) is 0 Å². The molecule has 0 aromatic heterocycles. The summed E-state index contributed by atoms with van der Waals surface area (Å²) in [5.41, 5.74) is 0. The molecule has 1 saturated heterocycles. The van der Waals surface area contributed by atoms with Crippen LogP contribution in [0.15, 0.2) is 0 Å². The normalized spacial score (nSPS) is 24.0. The van der Waals surface area contributed by atoms with Gasteiger partial charge in [-0.1, -0.05) is 0 Å². The van der Waals surface area contributed by atoms with E-state index in [1.807, 2.05) is 0 Å². The molecule has 3 heteroatoms. The minimum absolute atomic E-state index is 0.238. The van der Waals surface area contributed by atoms with Gasteiger partial charge in [-0.2, -0.15) is 0 Å². The Kier molecular flexibility index (Phi) is 1.68. The fraction of sp³-hybridized carbons (Fsp3) is 1.00. The molecular weight excluding hydrogens is 195 g/mol. The first-order valence-corrected chi connectivity index (χ1v) is 9.95. The van der Waals surface area contributed by atoms with E-state index in [-0.39, 0.29) is 18.4 Å². The molecule has 22 valence electrons. The van der Waals surface area contributed by atoms with Crippen LogP contribution < -0.4 is 0 Å². The molecule has 4 heavy (non-hydrogen) atoms. The Morgan fingerprint density at radius 2 is 1.75 bits per heavy atom. The maximum absolute atomic E-state index is 2.17. The van der Waals surface area contributed by atoms with Crippen LogP contribution in [0.2, 0.25) is 0 Å². The summed E-state index contributed by atoms with van der Waals surface area (Å²) in [6.07, 6.45) is 0. The topological polar surface area (TPSA) is 0 Å². The fourth-order valence-corrected chi connectivity index (χ4v) is 3.56. The van der Waals surface area contributed by atoms with Crippen LogP contribution in [0.4, 0.5) is 0 Å². The second-order valence-corrected chi connectivity index (χ2v) is 11.9. The molecule has 1 fully saturated rings.